The molecule has 0 aromatic heterocycles. The molecule has 1 atom stereocenters. The first kappa shape index (κ1) is 14.5. The zero-order chi connectivity index (χ0) is 13.8. The van der Waals surface area contributed by atoms with E-state index in [4.69, 9.17) is 6.42 Å². The zero-order valence-corrected chi connectivity index (χ0v) is 10.7. The van der Waals surface area contributed by atoms with E-state index in [0.29, 0.717) is 0 Å². The van der Waals surface area contributed by atoms with Crippen LogP contribution in [-0.4, -0.2) is 12.2 Å². The topological polar surface area (TPSA) is 21.3 Å². The Morgan fingerprint density at radius 3 is 2.61 bits per heavy atom. The minimum Gasteiger partial charge on any atom is -0.435 e. The van der Waals surface area contributed by atoms with Crippen LogP contribution in [0.25, 0.3) is 0 Å². The lowest BCUT2D eigenvalue weighted by Gasteiger charge is -2.25. The van der Waals surface area contributed by atoms with Crippen LogP contribution < -0.4 is 10.1 Å². The highest BCUT2D eigenvalue weighted by Crippen LogP contribution is 2.22. The van der Waals surface area contributed by atoms with Gasteiger partial charge >= 0.3 is 6.61 Å². The van der Waals surface area contributed by atoms with Crippen LogP contribution in [0, 0.1) is 12.3 Å². The average Bonchev–Trinajstić information content (AvgIpc) is 2.28. The fraction of sp³-hybridized carbons (Fsp3) is 0.429. The number of nitrogens with one attached hydrogen (secondary N) is 1. The molecule has 0 aliphatic carbocycles. The fourth-order valence-electron chi connectivity index (χ4n) is 1.63. The molecule has 1 rings (SSSR count). The summed E-state index contributed by atoms with van der Waals surface area (Å²) in [6.07, 6.45) is 5.39. The molecular weight excluding hydrogens is 236 g/mol. The SMILES string of the molecule is C#CC(C)(C)NC(C)c1cccc(OC(F)F)c1. The van der Waals surface area contributed by atoms with E-state index in [9.17, 15) is 8.78 Å². The highest BCUT2D eigenvalue weighted by atomic mass is 19.3. The van der Waals surface area contributed by atoms with E-state index >= 15 is 0 Å². The molecule has 0 fully saturated rings. The van der Waals surface area contributed by atoms with Crippen molar-refractivity contribution in [1.82, 2.24) is 5.32 Å². The molecule has 0 heterocycles. The molecule has 0 saturated heterocycles. The Balaban J connectivity index is 2.80. The van der Waals surface area contributed by atoms with Gasteiger partial charge < -0.3 is 4.74 Å². The summed E-state index contributed by atoms with van der Waals surface area (Å²) in [6.45, 7) is 2.86. The first-order valence-electron chi connectivity index (χ1n) is 5.64. The first-order valence-corrected chi connectivity index (χ1v) is 5.64. The van der Waals surface area contributed by atoms with Crippen molar-refractivity contribution in [1.29, 1.82) is 0 Å². The summed E-state index contributed by atoms with van der Waals surface area (Å²) < 4.78 is 28.6. The molecule has 4 heteroatoms. The summed E-state index contributed by atoms with van der Waals surface area (Å²) in [7, 11) is 0. The van der Waals surface area contributed by atoms with Crippen LogP contribution in [0.5, 0.6) is 5.75 Å². The number of benzene rings is 1. The minimum absolute atomic E-state index is 0.0581. The number of terminal acetylenes is 1. The number of rotatable bonds is 5. The Hall–Kier alpha value is -1.60. The van der Waals surface area contributed by atoms with Crippen molar-refractivity contribution >= 4 is 0 Å². The third-order valence-corrected chi connectivity index (χ3v) is 2.52. The van der Waals surface area contributed by atoms with Crippen LogP contribution in [0.4, 0.5) is 8.78 Å². The van der Waals surface area contributed by atoms with Gasteiger partial charge in [0.1, 0.15) is 5.75 Å². The van der Waals surface area contributed by atoms with Crippen molar-refractivity contribution in [3.8, 4) is 18.1 Å². The second kappa shape index (κ2) is 5.83. The molecule has 1 aromatic rings. The third kappa shape index (κ3) is 4.34. The Bertz CT molecular complexity index is 438. The van der Waals surface area contributed by atoms with Gasteiger partial charge in [0.15, 0.2) is 0 Å². The van der Waals surface area contributed by atoms with E-state index in [0.717, 1.165) is 5.56 Å². The van der Waals surface area contributed by atoms with Gasteiger partial charge in [-0.1, -0.05) is 18.1 Å². The van der Waals surface area contributed by atoms with Crippen molar-refractivity contribution in [3.63, 3.8) is 0 Å². The Morgan fingerprint density at radius 2 is 2.06 bits per heavy atom. The van der Waals surface area contributed by atoms with Crippen LogP contribution in [0.2, 0.25) is 0 Å². The maximum atomic E-state index is 12.1. The second-order valence-electron chi connectivity index (χ2n) is 4.59. The van der Waals surface area contributed by atoms with Gasteiger partial charge in [0, 0.05) is 6.04 Å². The van der Waals surface area contributed by atoms with Crippen molar-refractivity contribution in [2.24, 2.45) is 0 Å². The van der Waals surface area contributed by atoms with Crippen molar-refractivity contribution in [2.45, 2.75) is 39.0 Å². The van der Waals surface area contributed by atoms with Crippen LogP contribution in [0.15, 0.2) is 24.3 Å². The smallest absolute Gasteiger partial charge is 0.387 e. The molecule has 0 radical (unpaired) electrons. The average molecular weight is 253 g/mol. The van der Waals surface area contributed by atoms with Gasteiger partial charge in [-0.05, 0) is 38.5 Å². The van der Waals surface area contributed by atoms with Crippen LogP contribution in [-0.2, 0) is 0 Å². The summed E-state index contributed by atoms with van der Waals surface area (Å²) in [6, 6.07) is 6.53. The van der Waals surface area contributed by atoms with Gasteiger partial charge in [0.25, 0.3) is 0 Å². The molecule has 0 spiro atoms. The minimum atomic E-state index is -2.81. The Morgan fingerprint density at radius 1 is 1.39 bits per heavy atom. The van der Waals surface area contributed by atoms with E-state index in [-0.39, 0.29) is 11.8 Å². The molecule has 0 aliphatic rings. The standard InChI is InChI=1S/C14H17F2NO/c1-5-14(3,4)17-10(2)11-7-6-8-12(9-11)18-13(15)16/h1,6-10,13,17H,2-4H3. The van der Waals surface area contributed by atoms with E-state index in [1.807, 2.05) is 26.8 Å². The van der Waals surface area contributed by atoms with Gasteiger partial charge in [-0.15, -0.1) is 6.42 Å². The maximum Gasteiger partial charge on any atom is 0.387 e. The highest BCUT2D eigenvalue weighted by molar-refractivity contribution is 5.31. The summed E-state index contributed by atoms with van der Waals surface area (Å²) in [4.78, 5) is 0. The number of hydrogen-bond acceptors (Lipinski definition) is 2. The fourth-order valence-corrected chi connectivity index (χ4v) is 1.63. The van der Waals surface area contributed by atoms with Crippen molar-refractivity contribution < 1.29 is 13.5 Å². The molecule has 98 valence electrons. The lowest BCUT2D eigenvalue weighted by molar-refractivity contribution is -0.0499. The highest BCUT2D eigenvalue weighted by Gasteiger charge is 2.18. The zero-order valence-electron chi connectivity index (χ0n) is 10.7. The first-order chi connectivity index (χ1) is 8.34. The Labute approximate surface area is 106 Å². The summed E-state index contributed by atoms with van der Waals surface area (Å²) >= 11 is 0. The molecule has 0 amide bonds. The molecule has 0 saturated carbocycles. The van der Waals surface area contributed by atoms with Crippen LogP contribution in [0.3, 0.4) is 0 Å². The Kier molecular flexibility index (Phi) is 4.69. The van der Waals surface area contributed by atoms with Gasteiger partial charge in [-0.2, -0.15) is 8.78 Å². The molecule has 0 bridgehead atoms. The van der Waals surface area contributed by atoms with Gasteiger partial charge in [0.05, 0.1) is 5.54 Å². The van der Waals surface area contributed by atoms with Gasteiger partial charge in [0.2, 0.25) is 0 Å². The van der Waals surface area contributed by atoms with E-state index < -0.39 is 12.2 Å². The molecule has 0 aliphatic heterocycles. The summed E-state index contributed by atoms with van der Waals surface area (Å²) in [5, 5.41) is 3.22. The lowest BCUT2D eigenvalue weighted by Crippen LogP contribution is -2.39. The van der Waals surface area contributed by atoms with E-state index in [2.05, 4.69) is 16.0 Å². The van der Waals surface area contributed by atoms with Crippen molar-refractivity contribution in [3.05, 3.63) is 29.8 Å². The molecule has 1 unspecified atom stereocenters. The molecule has 1 N–H and O–H groups in total. The summed E-state index contributed by atoms with van der Waals surface area (Å²) in [5.41, 5.74) is 0.385. The van der Waals surface area contributed by atoms with Gasteiger partial charge in [-0.25, -0.2) is 0 Å². The number of ether oxygens (including phenoxy) is 1. The molecule has 18 heavy (non-hydrogen) atoms. The monoisotopic (exact) mass is 253 g/mol. The third-order valence-electron chi connectivity index (χ3n) is 2.52. The molecule has 1 aromatic carbocycles. The normalized spacial score (nSPS) is 13.2. The number of alkyl halides is 2. The largest absolute Gasteiger partial charge is 0.435 e. The molecular formula is C14H17F2NO. The number of hydrogen-bond donors (Lipinski definition) is 1. The van der Waals surface area contributed by atoms with Crippen LogP contribution >= 0.6 is 0 Å². The summed E-state index contributed by atoms with van der Waals surface area (Å²) in [5.74, 6) is 2.77. The quantitative estimate of drug-likeness (QED) is 0.812. The molecule has 2 nitrogen and oxygen atoms in total. The van der Waals surface area contributed by atoms with Gasteiger partial charge in [-0.3, -0.25) is 5.32 Å². The van der Waals surface area contributed by atoms with E-state index in [1.165, 1.54) is 6.07 Å². The maximum absolute atomic E-state index is 12.1. The van der Waals surface area contributed by atoms with Crippen molar-refractivity contribution in [2.75, 3.05) is 0 Å². The van der Waals surface area contributed by atoms with E-state index in [1.54, 1.807) is 12.1 Å². The predicted molar refractivity (Wildman–Crippen MR) is 67.5 cm³/mol. The number of halogens is 2. The lowest BCUT2D eigenvalue weighted by atomic mass is 10.0. The second-order valence-corrected chi connectivity index (χ2v) is 4.59. The predicted octanol–water partition coefficient (Wildman–Crippen LogP) is 3.35. The van der Waals surface area contributed by atoms with Crippen LogP contribution in [0.1, 0.15) is 32.4 Å².